The number of fused-ring (bicyclic) bond motifs is 1. The van der Waals surface area contributed by atoms with Gasteiger partial charge in [0.15, 0.2) is 5.65 Å². The average Bonchev–Trinajstić information content (AvgIpc) is 3.06. The first-order valence-corrected chi connectivity index (χ1v) is 9.06. The highest BCUT2D eigenvalue weighted by Crippen LogP contribution is 2.35. The second-order valence-corrected chi connectivity index (χ2v) is 7.01. The van der Waals surface area contributed by atoms with Crippen LogP contribution in [0.5, 0.6) is 0 Å². The molecule has 0 spiro atoms. The molecule has 0 unspecified atom stereocenters. The smallest absolute Gasteiger partial charge is 0.285 e. The molecule has 0 amide bonds. The highest BCUT2D eigenvalue weighted by molar-refractivity contribution is 6.42. The molecule has 10 heteroatoms. The van der Waals surface area contributed by atoms with E-state index in [4.69, 9.17) is 23.2 Å². The van der Waals surface area contributed by atoms with Crippen LogP contribution in [0.3, 0.4) is 0 Å². The topological polar surface area (TPSA) is 63.0 Å². The van der Waals surface area contributed by atoms with Crippen LogP contribution in [0.2, 0.25) is 10.0 Å². The third kappa shape index (κ3) is 3.61. The molecule has 0 saturated heterocycles. The van der Waals surface area contributed by atoms with Crippen LogP contribution >= 0.6 is 23.2 Å². The molecular weight excluding hydrogens is 428 g/mol. The number of aromatic amines is 1. The molecule has 29 heavy (non-hydrogen) atoms. The molecule has 5 nitrogen and oxygen atoms in total. The van der Waals surface area contributed by atoms with Gasteiger partial charge in [0.05, 0.1) is 15.7 Å². The molecule has 0 aliphatic rings. The number of nitrogens with one attached hydrogen (secondary N) is 1. The summed E-state index contributed by atoms with van der Waals surface area (Å²) in [5.41, 5.74) is -0.887. The van der Waals surface area contributed by atoms with Gasteiger partial charge in [-0.25, -0.2) is 9.50 Å². The zero-order valence-electron chi connectivity index (χ0n) is 14.5. The summed E-state index contributed by atoms with van der Waals surface area (Å²) in [7, 11) is 0. The maximum absolute atomic E-state index is 13.7. The van der Waals surface area contributed by atoms with E-state index in [2.05, 4.69) is 15.1 Å². The summed E-state index contributed by atoms with van der Waals surface area (Å²) >= 11 is 12.2. The molecule has 0 fully saturated rings. The standard InChI is InChI=1S/C19H11Cl2F3N4O/c20-13-3-1-2-11(16(13)21)8-12-17(19(22,23)24)27-28-15(29)9-14(26-18(12)28)10-4-6-25-7-5-10/h1-7,9,27H,8H2. The Morgan fingerprint density at radius 2 is 1.83 bits per heavy atom. The molecule has 4 aromatic rings. The number of aromatic nitrogens is 4. The van der Waals surface area contributed by atoms with Crippen LogP contribution in [0.25, 0.3) is 16.9 Å². The SMILES string of the molecule is O=c1cc(-c2ccncc2)nc2c(Cc3cccc(Cl)c3Cl)c(C(F)(F)F)[nH]n12. The minimum Gasteiger partial charge on any atom is -0.285 e. The van der Waals surface area contributed by atoms with Crippen molar-refractivity contribution in [1.29, 1.82) is 0 Å². The Morgan fingerprint density at radius 3 is 2.52 bits per heavy atom. The van der Waals surface area contributed by atoms with Crippen molar-refractivity contribution >= 4 is 28.8 Å². The molecule has 3 aromatic heterocycles. The van der Waals surface area contributed by atoms with Crippen molar-refractivity contribution < 1.29 is 13.2 Å². The van der Waals surface area contributed by atoms with Crippen LogP contribution in [0.1, 0.15) is 16.8 Å². The van der Waals surface area contributed by atoms with Crippen LogP contribution in [-0.2, 0) is 12.6 Å². The van der Waals surface area contributed by atoms with Crippen molar-refractivity contribution in [2.75, 3.05) is 0 Å². The average molecular weight is 439 g/mol. The number of hydrogen-bond acceptors (Lipinski definition) is 3. The minimum atomic E-state index is -4.72. The second-order valence-electron chi connectivity index (χ2n) is 6.23. The van der Waals surface area contributed by atoms with Gasteiger partial charge in [0, 0.05) is 36.0 Å². The third-order valence-corrected chi connectivity index (χ3v) is 5.23. The Balaban J connectivity index is 1.98. The maximum atomic E-state index is 13.7. The molecule has 1 N–H and O–H groups in total. The first-order chi connectivity index (χ1) is 13.8. The minimum absolute atomic E-state index is 0.132. The number of halogens is 5. The lowest BCUT2D eigenvalue weighted by Crippen LogP contribution is -2.15. The van der Waals surface area contributed by atoms with Crippen molar-refractivity contribution in [3.8, 4) is 11.3 Å². The number of pyridine rings is 1. The van der Waals surface area contributed by atoms with Gasteiger partial charge in [0.1, 0.15) is 5.69 Å². The molecule has 1 aromatic carbocycles. The van der Waals surface area contributed by atoms with Gasteiger partial charge < -0.3 is 0 Å². The summed E-state index contributed by atoms with van der Waals surface area (Å²) in [4.78, 5) is 20.7. The van der Waals surface area contributed by atoms with Gasteiger partial charge in [-0.1, -0.05) is 35.3 Å². The van der Waals surface area contributed by atoms with Crippen LogP contribution in [0, 0.1) is 0 Å². The molecule has 148 valence electrons. The van der Waals surface area contributed by atoms with Crippen molar-refractivity contribution in [2.24, 2.45) is 0 Å². The van der Waals surface area contributed by atoms with Crippen molar-refractivity contribution in [2.45, 2.75) is 12.6 Å². The van der Waals surface area contributed by atoms with Crippen molar-refractivity contribution in [1.82, 2.24) is 19.6 Å². The fraction of sp³-hybridized carbons (Fsp3) is 0.105. The normalized spacial score (nSPS) is 11.9. The summed E-state index contributed by atoms with van der Waals surface area (Å²) in [6.07, 6.45) is -1.93. The van der Waals surface area contributed by atoms with Crippen LogP contribution in [-0.4, -0.2) is 19.6 Å². The molecular formula is C19H11Cl2F3N4O. The fourth-order valence-electron chi connectivity index (χ4n) is 3.03. The van der Waals surface area contributed by atoms with Crippen LogP contribution in [0.15, 0.2) is 53.6 Å². The van der Waals surface area contributed by atoms with Crippen molar-refractivity contribution in [3.05, 3.63) is 86.0 Å². The lowest BCUT2D eigenvalue weighted by atomic mass is 10.0. The summed E-state index contributed by atoms with van der Waals surface area (Å²) in [6, 6.07) is 9.09. The first kappa shape index (κ1) is 19.5. The van der Waals surface area contributed by atoms with Gasteiger partial charge in [0.25, 0.3) is 5.56 Å². The molecule has 0 saturated carbocycles. The highest BCUT2D eigenvalue weighted by atomic mass is 35.5. The molecule has 0 aliphatic heterocycles. The van der Waals surface area contributed by atoms with E-state index in [0.717, 1.165) is 10.6 Å². The summed E-state index contributed by atoms with van der Waals surface area (Å²) in [5, 5.41) is 2.50. The quantitative estimate of drug-likeness (QED) is 0.489. The van der Waals surface area contributed by atoms with Gasteiger partial charge in [-0.2, -0.15) is 13.2 Å². The van der Waals surface area contributed by atoms with Gasteiger partial charge in [-0.05, 0) is 23.8 Å². The first-order valence-electron chi connectivity index (χ1n) is 8.31. The number of rotatable bonds is 3. The lowest BCUT2D eigenvalue weighted by molar-refractivity contribution is -0.141. The predicted octanol–water partition coefficient (Wildman–Crippen LogP) is 5.00. The van der Waals surface area contributed by atoms with Gasteiger partial charge >= 0.3 is 6.18 Å². The molecule has 0 radical (unpaired) electrons. The zero-order valence-corrected chi connectivity index (χ0v) is 16.0. The number of nitrogens with zero attached hydrogens (tertiary/aromatic N) is 3. The zero-order chi connectivity index (χ0) is 20.8. The van der Waals surface area contributed by atoms with E-state index in [9.17, 15) is 18.0 Å². The maximum Gasteiger partial charge on any atom is 0.433 e. The Kier molecular flexibility index (Phi) is 4.84. The Hall–Kier alpha value is -2.84. The summed E-state index contributed by atoms with van der Waals surface area (Å²) < 4.78 is 41.8. The molecule has 0 aliphatic carbocycles. The predicted molar refractivity (Wildman–Crippen MR) is 103 cm³/mol. The largest absolute Gasteiger partial charge is 0.433 e. The Morgan fingerprint density at radius 1 is 1.10 bits per heavy atom. The van der Waals surface area contributed by atoms with E-state index in [1.165, 1.54) is 18.5 Å². The fourth-order valence-corrected chi connectivity index (χ4v) is 3.42. The van der Waals surface area contributed by atoms with Gasteiger partial charge in [0.2, 0.25) is 0 Å². The third-order valence-electron chi connectivity index (χ3n) is 4.37. The van der Waals surface area contributed by atoms with E-state index < -0.39 is 17.4 Å². The van der Waals surface area contributed by atoms with E-state index >= 15 is 0 Å². The summed E-state index contributed by atoms with van der Waals surface area (Å²) in [6.45, 7) is 0. The number of alkyl halides is 3. The van der Waals surface area contributed by atoms with Gasteiger partial charge in [-0.3, -0.25) is 14.9 Å². The van der Waals surface area contributed by atoms with Crippen LogP contribution < -0.4 is 5.56 Å². The number of hydrogen-bond donors (Lipinski definition) is 1. The van der Waals surface area contributed by atoms with E-state index in [1.54, 1.807) is 24.3 Å². The number of benzene rings is 1. The van der Waals surface area contributed by atoms with E-state index in [-0.39, 0.29) is 33.4 Å². The second kappa shape index (κ2) is 7.20. The van der Waals surface area contributed by atoms with Crippen molar-refractivity contribution in [3.63, 3.8) is 0 Å². The van der Waals surface area contributed by atoms with Crippen LogP contribution in [0.4, 0.5) is 13.2 Å². The Labute approximate surface area is 171 Å². The number of H-pyrrole nitrogens is 1. The lowest BCUT2D eigenvalue weighted by Gasteiger charge is -2.09. The monoisotopic (exact) mass is 438 g/mol. The van der Waals surface area contributed by atoms with E-state index in [0.29, 0.717) is 11.1 Å². The highest BCUT2D eigenvalue weighted by Gasteiger charge is 2.37. The summed E-state index contributed by atoms with van der Waals surface area (Å²) in [5.74, 6) is 0. The molecule has 0 bridgehead atoms. The van der Waals surface area contributed by atoms with Gasteiger partial charge in [-0.15, -0.1) is 0 Å². The molecule has 4 rings (SSSR count). The Bertz CT molecular complexity index is 1270. The molecule has 3 heterocycles. The van der Waals surface area contributed by atoms with E-state index in [1.807, 2.05) is 0 Å². The molecule has 0 atom stereocenters.